The van der Waals surface area contributed by atoms with Crippen molar-refractivity contribution >= 4 is 34.3 Å². The minimum Gasteiger partial charge on any atom is -0.497 e. The summed E-state index contributed by atoms with van der Waals surface area (Å²) < 4.78 is 68.1. The van der Waals surface area contributed by atoms with Crippen molar-refractivity contribution in [2.75, 3.05) is 27.4 Å². The number of benzene rings is 5. The van der Waals surface area contributed by atoms with E-state index in [1.807, 2.05) is 108 Å². The van der Waals surface area contributed by atoms with Crippen LogP contribution in [0.1, 0.15) is 44.4 Å². The van der Waals surface area contributed by atoms with Gasteiger partial charge in [0.25, 0.3) is 10.1 Å². The number of methoxy groups -OCH3 is 2. The maximum absolute atomic E-state index is 13.3. The Morgan fingerprint density at radius 1 is 0.714 bits per heavy atom. The number of halogens is 1. The van der Waals surface area contributed by atoms with Crippen molar-refractivity contribution in [1.82, 2.24) is 0 Å². The smallest absolute Gasteiger partial charge is 0.495 e. The summed E-state index contributed by atoms with van der Waals surface area (Å²) in [5, 5.41) is 0.347. The van der Waals surface area contributed by atoms with Crippen LogP contribution in [0.5, 0.6) is 17.2 Å². The fourth-order valence-corrected chi connectivity index (χ4v) is 7.38. The van der Waals surface area contributed by atoms with Crippen LogP contribution >= 0.6 is 11.6 Å². The molecule has 5 aromatic carbocycles. The van der Waals surface area contributed by atoms with E-state index in [1.54, 1.807) is 32.4 Å². The number of aryl methyl sites for hydroxylation is 1. The summed E-state index contributed by atoms with van der Waals surface area (Å²) in [6.45, 7) is 11.6. The van der Waals surface area contributed by atoms with Crippen LogP contribution in [0.3, 0.4) is 0 Å². The molecule has 1 aliphatic rings. The van der Waals surface area contributed by atoms with Gasteiger partial charge < -0.3 is 28.3 Å². The van der Waals surface area contributed by atoms with E-state index >= 15 is 0 Å². The SMILES string of the molecule is COc1ccc(-c2ccc(COC[C@H](COS(=O)(=O)c3ccc(C)cc3)Oc3ccc(B4OC(C)(C)C(C)(C)O4)c(C)c3Cl)c(-c3ccc(OC)cc3)c2)cc1. The van der Waals surface area contributed by atoms with Gasteiger partial charge in [-0.2, -0.15) is 8.42 Å². The highest BCUT2D eigenvalue weighted by Gasteiger charge is 2.52. The maximum atomic E-state index is 13.3. The quantitative estimate of drug-likeness (QED) is 0.0760. The summed E-state index contributed by atoms with van der Waals surface area (Å²) in [7, 11) is -1.45. The highest BCUT2D eigenvalue weighted by Crippen LogP contribution is 2.38. The molecule has 0 aromatic heterocycles. The molecule has 1 aliphatic heterocycles. The van der Waals surface area contributed by atoms with Crippen molar-refractivity contribution in [1.29, 1.82) is 0 Å². The molecule has 1 fully saturated rings. The van der Waals surface area contributed by atoms with E-state index in [4.69, 9.17) is 44.0 Å². The van der Waals surface area contributed by atoms with Crippen molar-refractivity contribution in [3.05, 3.63) is 125 Å². The number of rotatable bonds is 15. The van der Waals surface area contributed by atoms with Gasteiger partial charge in [0.2, 0.25) is 0 Å². The Kier molecular flexibility index (Phi) is 12.5. The molecule has 12 heteroatoms. The molecule has 0 saturated carbocycles. The van der Waals surface area contributed by atoms with Crippen molar-refractivity contribution in [3.8, 4) is 39.5 Å². The standard InChI is InChI=1S/C44H48BClO9S/c1-29-9-21-38(22-10-29)56(47,48)52-28-37(53-41-24-23-40(30(2)42(41)46)45-54-43(3,4)44(5,6)55-45)27-51-26-34-12-11-33(31-13-17-35(49-7)18-14-31)25-39(34)32-15-19-36(50-8)20-16-32/h9-25,37H,26-28H2,1-8H3/t37-/m1/s1. The highest BCUT2D eigenvalue weighted by molar-refractivity contribution is 7.86. The van der Waals surface area contributed by atoms with E-state index in [9.17, 15) is 8.42 Å². The number of hydrogen-bond acceptors (Lipinski definition) is 9. The summed E-state index contributed by atoms with van der Waals surface area (Å²) in [6.07, 6.45) is -0.863. The first-order valence-corrected chi connectivity index (χ1v) is 20.2. The fraction of sp³-hybridized carbons (Fsp3) is 0.318. The molecule has 1 atom stereocenters. The predicted octanol–water partition coefficient (Wildman–Crippen LogP) is 8.98. The van der Waals surface area contributed by atoms with Gasteiger partial charge in [-0.3, -0.25) is 4.18 Å². The van der Waals surface area contributed by atoms with E-state index in [0.717, 1.165) is 55.9 Å². The van der Waals surface area contributed by atoms with Gasteiger partial charge in [0, 0.05) is 0 Å². The summed E-state index contributed by atoms with van der Waals surface area (Å²) in [5.74, 6) is 1.87. The van der Waals surface area contributed by atoms with Crippen LogP contribution in [-0.4, -0.2) is 60.3 Å². The molecule has 0 aliphatic carbocycles. The van der Waals surface area contributed by atoms with Crippen LogP contribution in [-0.2, 0) is 35.0 Å². The molecule has 294 valence electrons. The summed E-state index contributed by atoms with van der Waals surface area (Å²) >= 11 is 6.93. The zero-order valence-electron chi connectivity index (χ0n) is 33.1. The first-order chi connectivity index (χ1) is 26.6. The first kappa shape index (κ1) is 41.3. The fourth-order valence-electron chi connectivity index (χ4n) is 6.23. The second kappa shape index (κ2) is 17.0. The van der Waals surface area contributed by atoms with E-state index < -0.39 is 34.5 Å². The molecule has 0 amide bonds. The topological polar surface area (TPSA) is 98.8 Å². The van der Waals surface area contributed by atoms with E-state index in [2.05, 4.69) is 6.07 Å². The molecule has 0 unspecified atom stereocenters. The Morgan fingerprint density at radius 3 is 1.88 bits per heavy atom. The molecule has 0 radical (unpaired) electrons. The zero-order valence-corrected chi connectivity index (χ0v) is 34.6. The molecule has 1 saturated heterocycles. The second-order valence-electron chi connectivity index (χ2n) is 14.8. The molecule has 5 aromatic rings. The van der Waals surface area contributed by atoms with E-state index in [1.165, 1.54) is 12.1 Å². The molecule has 6 rings (SSSR count). The zero-order chi connectivity index (χ0) is 40.3. The molecule has 56 heavy (non-hydrogen) atoms. The summed E-state index contributed by atoms with van der Waals surface area (Å²) in [5.41, 5.74) is 6.27. The van der Waals surface area contributed by atoms with Gasteiger partial charge in [0.15, 0.2) is 0 Å². The third-order valence-corrected chi connectivity index (χ3v) is 12.2. The lowest BCUT2D eigenvalue weighted by Crippen LogP contribution is -2.41. The molecular weight excluding hydrogens is 751 g/mol. The van der Waals surface area contributed by atoms with Crippen LogP contribution < -0.4 is 19.7 Å². The molecule has 9 nitrogen and oxygen atoms in total. The third kappa shape index (κ3) is 9.26. The second-order valence-corrected chi connectivity index (χ2v) is 16.8. The van der Waals surface area contributed by atoms with Crippen molar-refractivity contribution in [2.24, 2.45) is 0 Å². The van der Waals surface area contributed by atoms with Crippen LogP contribution in [0.15, 0.2) is 108 Å². The largest absolute Gasteiger partial charge is 0.497 e. The Hall–Kier alpha value is -4.36. The van der Waals surface area contributed by atoms with Gasteiger partial charge in [0.05, 0.1) is 48.6 Å². The molecular formula is C44H48BClO9S. The third-order valence-electron chi connectivity index (χ3n) is 10.4. The van der Waals surface area contributed by atoms with Crippen LogP contribution in [0.25, 0.3) is 22.3 Å². The minimum atomic E-state index is -4.10. The van der Waals surface area contributed by atoms with Crippen LogP contribution in [0.2, 0.25) is 5.02 Å². The Balaban J connectivity index is 1.25. The van der Waals surface area contributed by atoms with Crippen molar-refractivity contribution in [3.63, 3.8) is 0 Å². The molecule has 0 N–H and O–H groups in total. The van der Waals surface area contributed by atoms with Gasteiger partial charge in [-0.15, -0.1) is 0 Å². The van der Waals surface area contributed by atoms with Gasteiger partial charge >= 0.3 is 7.12 Å². The van der Waals surface area contributed by atoms with Gasteiger partial charge in [-0.1, -0.05) is 71.8 Å². The normalized spacial score (nSPS) is 15.4. The average molecular weight is 799 g/mol. The molecule has 1 heterocycles. The average Bonchev–Trinajstić information content (AvgIpc) is 3.41. The monoisotopic (exact) mass is 798 g/mol. The first-order valence-electron chi connectivity index (χ1n) is 18.4. The Bertz CT molecular complexity index is 2230. The Labute approximate surface area is 336 Å². The van der Waals surface area contributed by atoms with Crippen molar-refractivity contribution < 1.29 is 40.9 Å². The van der Waals surface area contributed by atoms with Gasteiger partial charge in [0.1, 0.15) is 30.0 Å². The Morgan fingerprint density at radius 2 is 1.29 bits per heavy atom. The van der Waals surface area contributed by atoms with E-state index in [0.29, 0.717) is 10.8 Å². The number of ether oxygens (including phenoxy) is 4. The lowest BCUT2D eigenvalue weighted by molar-refractivity contribution is 0.00578. The van der Waals surface area contributed by atoms with Crippen LogP contribution in [0, 0.1) is 13.8 Å². The summed E-state index contributed by atoms with van der Waals surface area (Å²) in [6, 6.07) is 32.0. The number of hydrogen-bond donors (Lipinski definition) is 0. The molecule has 0 spiro atoms. The minimum absolute atomic E-state index is 0.0138. The van der Waals surface area contributed by atoms with Gasteiger partial charge in [-0.25, -0.2) is 0 Å². The predicted molar refractivity (Wildman–Crippen MR) is 221 cm³/mol. The lowest BCUT2D eigenvalue weighted by atomic mass is 9.76. The highest BCUT2D eigenvalue weighted by atomic mass is 35.5. The van der Waals surface area contributed by atoms with Crippen LogP contribution in [0.4, 0.5) is 0 Å². The summed E-state index contributed by atoms with van der Waals surface area (Å²) in [4.78, 5) is 0.0458. The lowest BCUT2D eigenvalue weighted by Gasteiger charge is -2.32. The van der Waals surface area contributed by atoms with Crippen molar-refractivity contribution in [2.45, 2.75) is 70.4 Å². The molecule has 0 bridgehead atoms. The van der Waals surface area contributed by atoms with E-state index in [-0.39, 0.29) is 24.7 Å². The van der Waals surface area contributed by atoms with Gasteiger partial charge in [-0.05, 0) is 129 Å². The maximum Gasteiger partial charge on any atom is 0.495 e.